The Morgan fingerprint density at radius 3 is 1.87 bits per heavy atom. The quantitative estimate of drug-likeness (QED) is 0.769. The van der Waals surface area contributed by atoms with Crippen molar-refractivity contribution in [3.05, 3.63) is 28.3 Å². The molecule has 0 unspecified atom stereocenters. The molecule has 0 atom stereocenters. The maximum atomic E-state index is 11.0. The van der Waals surface area contributed by atoms with Gasteiger partial charge in [0.25, 0.3) is 0 Å². The summed E-state index contributed by atoms with van der Waals surface area (Å²) in [6.07, 6.45) is -0.925. The van der Waals surface area contributed by atoms with E-state index in [1.54, 1.807) is 7.05 Å². The molecule has 0 fully saturated rings. The van der Waals surface area contributed by atoms with Gasteiger partial charge in [0.2, 0.25) is 0 Å². The third-order valence-corrected chi connectivity index (χ3v) is 2.95. The monoisotopic (exact) mass is 207 g/mol. The Bertz CT molecular complexity index is 384. The standard InChI is InChI=1S/C12H17NO2/c1-7-6-8(2)10(4)11(9(7)3)13(5)12(14)15/h6H,1-5H3,(H,14,15). The van der Waals surface area contributed by atoms with Gasteiger partial charge in [0.1, 0.15) is 0 Å². The Kier molecular flexibility index (Phi) is 3.03. The third-order valence-electron chi connectivity index (χ3n) is 2.95. The fraction of sp³-hybridized carbons (Fsp3) is 0.417. The minimum atomic E-state index is -0.925. The van der Waals surface area contributed by atoms with Gasteiger partial charge in [-0.3, -0.25) is 4.90 Å². The first-order valence-corrected chi connectivity index (χ1v) is 4.90. The molecule has 0 aliphatic heterocycles. The maximum Gasteiger partial charge on any atom is 0.411 e. The first-order valence-electron chi connectivity index (χ1n) is 4.90. The Morgan fingerprint density at radius 2 is 1.53 bits per heavy atom. The topological polar surface area (TPSA) is 40.5 Å². The van der Waals surface area contributed by atoms with Crippen molar-refractivity contribution in [1.29, 1.82) is 0 Å². The molecule has 0 bridgehead atoms. The molecule has 3 heteroatoms. The van der Waals surface area contributed by atoms with Gasteiger partial charge in [-0.05, 0) is 49.9 Å². The first-order chi connectivity index (χ1) is 6.86. The van der Waals surface area contributed by atoms with E-state index in [0.717, 1.165) is 27.9 Å². The van der Waals surface area contributed by atoms with E-state index in [-0.39, 0.29) is 0 Å². The minimum Gasteiger partial charge on any atom is -0.465 e. The van der Waals surface area contributed by atoms with Crippen LogP contribution in [0.5, 0.6) is 0 Å². The second-order valence-electron chi connectivity index (χ2n) is 3.95. The summed E-state index contributed by atoms with van der Waals surface area (Å²) in [6.45, 7) is 7.91. The Morgan fingerprint density at radius 1 is 1.13 bits per heavy atom. The van der Waals surface area contributed by atoms with Crippen molar-refractivity contribution in [2.75, 3.05) is 11.9 Å². The van der Waals surface area contributed by atoms with Crippen molar-refractivity contribution < 1.29 is 9.90 Å². The molecule has 15 heavy (non-hydrogen) atoms. The minimum absolute atomic E-state index is 0.806. The number of aryl methyl sites for hydroxylation is 2. The third kappa shape index (κ3) is 1.96. The van der Waals surface area contributed by atoms with Crippen molar-refractivity contribution in [2.24, 2.45) is 0 Å². The molecular weight excluding hydrogens is 190 g/mol. The molecule has 0 saturated carbocycles. The molecule has 82 valence electrons. The molecule has 0 spiro atoms. The molecule has 1 amide bonds. The summed E-state index contributed by atoms with van der Waals surface area (Å²) in [5.41, 5.74) is 5.12. The molecule has 3 nitrogen and oxygen atoms in total. The predicted molar refractivity (Wildman–Crippen MR) is 61.8 cm³/mol. The lowest BCUT2D eigenvalue weighted by molar-refractivity contribution is 0.203. The van der Waals surface area contributed by atoms with E-state index in [1.807, 2.05) is 27.7 Å². The van der Waals surface area contributed by atoms with Crippen LogP contribution in [0.4, 0.5) is 10.5 Å². The van der Waals surface area contributed by atoms with Crippen LogP contribution in [0.1, 0.15) is 22.3 Å². The maximum absolute atomic E-state index is 11.0. The van der Waals surface area contributed by atoms with Crippen molar-refractivity contribution in [1.82, 2.24) is 0 Å². The summed E-state index contributed by atoms with van der Waals surface area (Å²) in [7, 11) is 1.58. The van der Waals surface area contributed by atoms with Crippen LogP contribution in [0, 0.1) is 27.7 Å². The molecule has 1 N–H and O–H groups in total. The lowest BCUT2D eigenvalue weighted by atomic mass is 9.98. The number of anilines is 1. The number of carbonyl (C=O) groups is 1. The zero-order valence-corrected chi connectivity index (χ0v) is 9.88. The summed E-state index contributed by atoms with van der Waals surface area (Å²) in [5, 5.41) is 8.99. The van der Waals surface area contributed by atoms with Crippen LogP contribution in [-0.2, 0) is 0 Å². The number of amides is 1. The van der Waals surface area contributed by atoms with Gasteiger partial charge >= 0.3 is 6.09 Å². The van der Waals surface area contributed by atoms with Crippen LogP contribution in [0.25, 0.3) is 0 Å². The van der Waals surface area contributed by atoms with Gasteiger partial charge in [0.15, 0.2) is 0 Å². The van der Waals surface area contributed by atoms with Gasteiger partial charge in [0.05, 0.1) is 5.69 Å². The highest BCUT2D eigenvalue weighted by Gasteiger charge is 2.16. The summed E-state index contributed by atoms with van der Waals surface area (Å²) < 4.78 is 0. The van der Waals surface area contributed by atoms with Crippen LogP contribution in [-0.4, -0.2) is 18.2 Å². The number of rotatable bonds is 1. The summed E-state index contributed by atoms with van der Waals surface area (Å²) in [5.74, 6) is 0. The highest BCUT2D eigenvalue weighted by molar-refractivity contribution is 5.88. The van der Waals surface area contributed by atoms with Crippen LogP contribution >= 0.6 is 0 Å². The molecule has 0 radical (unpaired) electrons. The number of nitrogens with zero attached hydrogens (tertiary/aromatic N) is 1. The largest absolute Gasteiger partial charge is 0.465 e. The number of hydrogen-bond donors (Lipinski definition) is 1. The van der Waals surface area contributed by atoms with Gasteiger partial charge in [-0.25, -0.2) is 4.79 Å². The molecular formula is C12H17NO2. The van der Waals surface area contributed by atoms with Gasteiger partial charge in [-0.15, -0.1) is 0 Å². The van der Waals surface area contributed by atoms with Crippen molar-refractivity contribution in [2.45, 2.75) is 27.7 Å². The second kappa shape index (κ2) is 3.93. The van der Waals surface area contributed by atoms with Crippen LogP contribution in [0.2, 0.25) is 0 Å². The highest BCUT2D eigenvalue weighted by atomic mass is 16.4. The summed E-state index contributed by atoms with van der Waals surface area (Å²) in [6, 6.07) is 2.09. The summed E-state index contributed by atoms with van der Waals surface area (Å²) >= 11 is 0. The van der Waals surface area contributed by atoms with Crippen molar-refractivity contribution >= 4 is 11.8 Å². The smallest absolute Gasteiger partial charge is 0.411 e. The van der Waals surface area contributed by atoms with E-state index in [0.29, 0.717) is 0 Å². The number of hydrogen-bond acceptors (Lipinski definition) is 1. The normalized spacial score (nSPS) is 10.2. The Hall–Kier alpha value is -1.51. The van der Waals surface area contributed by atoms with Gasteiger partial charge < -0.3 is 5.11 Å². The zero-order valence-electron chi connectivity index (χ0n) is 9.88. The van der Waals surface area contributed by atoms with E-state index >= 15 is 0 Å². The molecule has 0 saturated heterocycles. The molecule has 1 aromatic carbocycles. The van der Waals surface area contributed by atoms with Crippen LogP contribution in [0.15, 0.2) is 6.07 Å². The van der Waals surface area contributed by atoms with Crippen LogP contribution in [0.3, 0.4) is 0 Å². The number of carboxylic acid groups (broad SMARTS) is 1. The Labute approximate surface area is 90.3 Å². The lowest BCUT2D eigenvalue weighted by Crippen LogP contribution is -2.26. The molecule has 0 aliphatic rings. The Balaban J connectivity index is 3.45. The lowest BCUT2D eigenvalue weighted by Gasteiger charge is -2.21. The van der Waals surface area contributed by atoms with E-state index in [9.17, 15) is 4.79 Å². The van der Waals surface area contributed by atoms with Crippen molar-refractivity contribution in [3.8, 4) is 0 Å². The average molecular weight is 207 g/mol. The van der Waals surface area contributed by atoms with E-state index in [1.165, 1.54) is 4.90 Å². The molecule has 0 aliphatic carbocycles. The molecule has 1 aromatic rings. The summed E-state index contributed by atoms with van der Waals surface area (Å²) in [4.78, 5) is 12.2. The van der Waals surface area contributed by atoms with E-state index in [4.69, 9.17) is 5.11 Å². The predicted octanol–water partition coefficient (Wildman–Crippen LogP) is 3.03. The first kappa shape index (κ1) is 11.6. The van der Waals surface area contributed by atoms with Crippen molar-refractivity contribution in [3.63, 3.8) is 0 Å². The molecule has 0 aromatic heterocycles. The van der Waals surface area contributed by atoms with E-state index in [2.05, 4.69) is 6.07 Å². The fourth-order valence-corrected chi connectivity index (χ4v) is 1.79. The zero-order chi connectivity index (χ0) is 11.7. The van der Waals surface area contributed by atoms with Gasteiger partial charge in [0, 0.05) is 7.05 Å². The molecule has 0 heterocycles. The second-order valence-corrected chi connectivity index (χ2v) is 3.95. The van der Waals surface area contributed by atoms with Crippen LogP contribution < -0.4 is 4.90 Å². The number of benzene rings is 1. The SMILES string of the molecule is Cc1cc(C)c(C)c(N(C)C(=O)O)c1C. The fourth-order valence-electron chi connectivity index (χ4n) is 1.79. The van der Waals surface area contributed by atoms with E-state index < -0.39 is 6.09 Å². The highest BCUT2D eigenvalue weighted by Crippen LogP contribution is 2.29. The van der Waals surface area contributed by atoms with Gasteiger partial charge in [-0.1, -0.05) is 6.07 Å². The average Bonchev–Trinajstić information content (AvgIpc) is 2.15. The molecule has 1 rings (SSSR count). The van der Waals surface area contributed by atoms with Gasteiger partial charge in [-0.2, -0.15) is 0 Å².